The van der Waals surface area contributed by atoms with Crippen LogP contribution in [0.25, 0.3) is 10.2 Å². The Balaban J connectivity index is 1.72. The van der Waals surface area contributed by atoms with E-state index in [1.807, 2.05) is 48.7 Å². The number of aromatic nitrogens is 1. The van der Waals surface area contributed by atoms with Crippen LogP contribution in [0.5, 0.6) is 5.75 Å². The number of rotatable bonds is 5. The maximum atomic E-state index is 12.2. The van der Waals surface area contributed by atoms with Crippen LogP contribution in [0.15, 0.2) is 47.4 Å². The third-order valence-electron chi connectivity index (χ3n) is 3.37. The standard InChI is InChI=1S/C17H16N2O2S2/c1-21-12-8-6-11(7-9-12)10-15(20)18-17-19-16-13(22-2)4-3-5-14(16)23-17/h3-9H,10H2,1-2H3,(H,18,19,20). The number of nitrogens with one attached hydrogen (secondary N) is 1. The molecule has 0 fully saturated rings. The normalized spacial score (nSPS) is 10.7. The van der Waals surface area contributed by atoms with Crippen molar-refractivity contribution in [3.63, 3.8) is 0 Å². The van der Waals surface area contributed by atoms with Crippen molar-refractivity contribution in [3.05, 3.63) is 48.0 Å². The Morgan fingerprint density at radius 2 is 2.04 bits per heavy atom. The SMILES string of the molecule is COc1ccc(CC(=O)Nc2nc3c(SC)cccc3s2)cc1. The molecule has 0 aliphatic heterocycles. The highest BCUT2D eigenvalue weighted by molar-refractivity contribution is 7.98. The molecule has 118 valence electrons. The van der Waals surface area contributed by atoms with Crippen LogP contribution in [0.3, 0.4) is 0 Å². The summed E-state index contributed by atoms with van der Waals surface area (Å²) in [7, 11) is 1.62. The molecule has 0 saturated carbocycles. The molecular formula is C17H16N2O2S2. The van der Waals surface area contributed by atoms with Crippen LogP contribution in [0.4, 0.5) is 5.13 Å². The second kappa shape index (κ2) is 7.02. The molecular weight excluding hydrogens is 328 g/mol. The van der Waals surface area contributed by atoms with Gasteiger partial charge < -0.3 is 10.1 Å². The topological polar surface area (TPSA) is 51.2 Å². The van der Waals surface area contributed by atoms with Crippen LogP contribution in [0.1, 0.15) is 5.56 Å². The number of carbonyl (C=O) groups is 1. The van der Waals surface area contributed by atoms with Crippen LogP contribution in [0.2, 0.25) is 0 Å². The second-order valence-electron chi connectivity index (χ2n) is 4.90. The van der Waals surface area contributed by atoms with Gasteiger partial charge in [-0.05, 0) is 36.1 Å². The first-order chi connectivity index (χ1) is 11.2. The third kappa shape index (κ3) is 3.65. The van der Waals surface area contributed by atoms with E-state index in [1.54, 1.807) is 18.9 Å². The average Bonchev–Trinajstić information content (AvgIpc) is 2.97. The minimum Gasteiger partial charge on any atom is -0.497 e. The van der Waals surface area contributed by atoms with E-state index in [-0.39, 0.29) is 5.91 Å². The first-order valence-corrected chi connectivity index (χ1v) is 9.10. The predicted molar refractivity (Wildman–Crippen MR) is 96.7 cm³/mol. The molecule has 0 atom stereocenters. The number of hydrogen-bond donors (Lipinski definition) is 1. The zero-order valence-electron chi connectivity index (χ0n) is 12.8. The van der Waals surface area contributed by atoms with Gasteiger partial charge in [0.25, 0.3) is 0 Å². The van der Waals surface area contributed by atoms with Crippen LogP contribution in [-0.2, 0) is 11.2 Å². The summed E-state index contributed by atoms with van der Waals surface area (Å²) in [5.74, 6) is 0.713. The molecule has 1 amide bonds. The van der Waals surface area contributed by atoms with E-state index in [0.717, 1.165) is 26.4 Å². The van der Waals surface area contributed by atoms with Gasteiger partial charge in [0.15, 0.2) is 5.13 Å². The highest BCUT2D eigenvalue weighted by Gasteiger charge is 2.10. The number of nitrogens with zero attached hydrogens (tertiary/aromatic N) is 1. The lowest BCUT2D eigenvalue weighted by Crippen LogP contribution is -2.14. The van der Waals surface area contributed by atoms with Gasteiger partial charge in [0.05, 0.1) is 23.7 Å². The van der Waals surface area contributed by atoms with E-state index in [4.69, 9.17) is 4.74 Å². The van der Waals surface area contributed by atoms with Gasteiger partial charge in [0.2, 0.25) is 5.91 Å². The van der Waals surface area contributed by atoms with Gasteiger partial charge in [-0.2, -0.15) is 0 Å². The van der Waals surface area contributed by atoms with Gasteiger partial charge in [-0.15, -0.1) is 11.8 Å². The smallest absolute Gasteiger partial charge is 0.230 e. The molecule has 0 unspecified atom stereocenters. The van der Waals surface area contributed by atoms with Gasteiger partial charge in [0, 0.05) is 4.90 Å². The minimum atomic E-state index is -0.0695. The summed E-state index contributed by atoms with van der Waals surface area (Å²) in [6, 6.07) is 13.6. The summed E-state index contributed by atoms with van der Waals surface area (Å²) in [4.78, 5) is 17.8. The highest BCUT2D eigenvalue weighted by atomic mass is 32.2. The van der Waals surface area contributed by atoms with Crippen LogP contribution in [0, 0.1) is 0 Å². The van der Waals surface area contributed by atoms with E-state index < -0.39 is 0 Å². The van der Waals surface area contributed by atoms with E-state index in [0.29, 0.717) is 11.6 Å². The number of benzene rings is 2. The second-order valence-corrected chi connectivity index (χ2v) is 6.78. The quantitative estimate of drug-likeness (QED) is 0.705. The molecule has 1 aromatic heterocycles. The monoisotopic (exact) mass is 344 g/mol. The number of thioether (sulfide) groups is 1. The largest absolute Gasteiger partial charge is 0.497 e. The van der Waals surface area contributed by atoms with Crippen molar-refractivity contribution >= 4 is 44.4 Å². The van der Waals surface area contributed by atoms with Gasteiger partial charge in [-0.3, -0.25) is 4.79 Å². The van der Waals surface area contributed by atoms with Crippen molar-refractivity contribution in [2.45, 2.75) is 11.3 Å². The maximum absolute atomic E-state index is 12.2. The van der Waals surface area contributed by atoms with Gasteiger partial charge in [0.1, 0.15) is 5.75 Å². The number of carbonyl (C=O) groups excluding carboxylic acids is 1. The van der Waals surface area contributed by atoms with Crippen molar-refractivity contribution in [2.75, 3.05) is 18.7 Å². The molecule has 3 rings (SSSR count). The number of hydrogen-bond acceptors (Lipinski definition) is 5. The fourth-order valence-electron chi connectivity index (χ4n) is 2.23. The summed E-state index contributed by atoms with van der Waals surface area (Å²) < 4.78 is 6.19. The Kier molecular flexibility index (Phi) is 4.83. The molecule has 0 spiro atoms. The molecule has 23 heavy (non-hydrogen) atoms. The van der Waals surface area contributed by atoms with E-state index in [1.165, 1.54) is 11.3 Å². The van der Waals surface area contributed by atoms with E-state index in [9.17, 15) is 4.79 Å². The molecule has 0 aliphatic carbocycles. The number of anilines is 1. The lowest BCUT2D eigenvalue weighted by Gasteiger charge is -2.03. The van der Waals surface area contributed by atoms with Gasteiger partial charge in [-0.25, -0.2) is 4.98 Å². The molecule has 3 aromatic rings. The lowest BCUT2D eigenvalue weighted by atomic mass is 10.1. The van der Waals surface area contributed by atoms with Crippen molar-refractivity contribution in [2.24, 2.45) is 0 Å². The molecule has 1 heterocycles. The van der Waals surface area contributed by atoms with Crippen molar-refractivity contribution in [1.29, 1.82) is 0 Å². The Labute approximate surface area is 142 Å². The zero-order chi connectivity index (χ0) is 16.2. The Bertz CT molecular complexity index is 828. The zero-order valence-corrected chi connectivity index (χ0v) is 14.5. The minimum absolute atomic E-state index is 0.0695. The summed E-state index contributed by atoms with van der Waals surface area (Å²) in [5, 5.41) is 3.53. The van der Waals surface area contributed by atoms with Crippen molar-refractivity contribution in [1.82, 2.24) is 4.98 Å². The summed E-state index contributed by atoms with van der Waals surface area (Å²) >= 11 is 3.15. The molecule has 6 heteroatoms. The number of thiazole rings is 1. The summed E-state index contributed by atoms with van der Waals surface area (Å²) in [6.45, 7) is 0. The third-order valence-corrected chi connectivity index (χ3v) is 5.08. The summed E-state index contributed by atoms with van der Waals surface area (Å²) in [6.07, 6.45) is 2.34. The van der Waals surface area contributed by atoms with Gasteiger partial charge in [-0.1, -0.05) is 29.5 Å². The van der Waals surface area contributed by atoms with Crippen LogP contribution in [-0.4, -0.2) is 24.3 Å². The van der Waals surface area contributed by atoms with Crippen molar-refractivity contribution in [3.8, 4) is 5.75 Å². The fourth-order valence-corrected chi connectivity index (χ4v) is 3.77. The number of methoxy groups -OCH3 is 1. The van der Waals surface area contributed by atoms with Crippen LogP contribution >= 0.6 is 23.1 Å². The molecule has 0 radical (unpaired) electrons. The average molecular weight is 344 g/mol. The Morgan fingerprint density at radius 3 is 2.74 bits per heavy atom. The van der Waals surface area contributed by atoms with Gasteiger partial charge >= 0.3 is 0 Å². The van der Waals surface area contributed by atoms with E-state index in [2.05, 4.69) is 10.3 Å². The highest BCUT2D eigenvalue weighted by Crippen LogP contribution is 2.32. The van der Waals surface area contributed by atoms with Crippen LogP contribution < -0.4 is 10.1 Å². The fraction of sp³-hybridized carbons (Fsp3) is 0.176. The lowest BCUT2D eigenvalue weighted by molar-refractivity contribution is -0.115. The number of para-hydroxylation sites is 1. The first-order valence-electron chi connectivity index (χ1n) is 7.06. The molecule has 2 aromatic carbocycles. The first kappa shape index (κ1) is 15.8. The summed E-state index contributed by atoms with van der Waals surface area (Å²) in [5.41, 5.74) is 1.89. The predicted octanol–water partition coefficient (Wildman–Crippen LogP) is 4.21. The molecule has 1 N–H and O–H groups in total. The molecule has 0 aliphatic rings. The molecule has 0 saturated heterocycles. The maximum Gasteiger partial charge on any atom is 0.230 e. The number of fused-ring (bicyclic) bond motifs is 1. The molecule has 0 bridgehead atoms. The number of ether oxygens (including phenoxy) is 1. The number of amides is 1. The van der Waals surface area contributed by atoms with Crippen molar-refractivity contribution < 1.29 is 9.53 Å². The Hall–Kier alpha value is -2.05. The molecule has 4 nitrogen and oxygen atoms in total. The Morgan fingerprint density at radius 1 is 1.26 bits per heavy atom. The van der Waals surface area contributed by atoms with E-state index >= 15 is 0 Å².